The molecule has 0 aliphatic carbocycles. The van der Waals surface area contributed by atoms with Crippen LogP contribution < -0.4 is 10.2 Å². The Labute approximate surface area is 170 Å². The molecule has 1 saturated heterocycles. The zero-order valence-corrected chi connectivity index (χ0v) is 16.0. The molecule has 0 radical (unpaired) electrons. The molecule has 1 fully saturated rings. The van der Waals surface area contributed by atoms with Crippen LogP contribution in [0.4, 0.5) is 14.5 Å². The monoisotopic (exact) mass is 412 g/mol. The fourth-order valence-corrected chi connectivity index (χ4v) is 3.30. The van der Waals surface area contributed by atoms with Crippen molar-refractivity contribution in [3.05, 3.63) is 65.5 Å². The summed E-state index contributed by atoms with van der Waals surface area (Å²) in [5.74, 6) is -2.70. The van der Waals surface area contributed by atoms with Gasteiger partial charge in [-0.1, -0.05) is 17.7 Å². The van der Waals surface area contributed by atoms with Gasteiger partial charge in [-0.2, -0.15) is 4.68 Å². The van der Waals surface area contributed by atoms with Crippen LogP contribution in [0.3, 0.4) is 0 Å². The summed E-state index contributed by atoms with van der Waals surface area (Å²) in [7, 11) is 0. The first kappa shape index (κ1) is 19.6. The van der Waals surface area contributed by atoms with Gasteiger partial charge >= 0.3 is 0 Å². The Bertz CT molecular complexity index is 1100. The molecule has 154 valence electrons. The van der Waals surface area contributed by atoms with Crippen LogP contribution >= 0.6 is 0 Å². The molecule has 2 aromatic carbocycles. The number of anilines is 1. The number of aromatic nitrogens is 4. The van der Waals surface area contributed by atoms with Gasteiger partial charge in [-0.3, -0.25) is 9.59 Å². The van der Waals surface area contributed by atoms with Crippen molar-refractivity contribution in [2.75, 3.05) is 11.4 Å². The Morgan fingerprint density at radius 2 is 1.87 bits per heavy atom. The number of rotatable bonds is 5. The molecule has 0 spiro atoms. The molecular weight excluding hydrogens is 394 g/mol. The third-order valence-corrected chi connectivity index (χ3v) is 4.94. The van der Waals surface area contributed by atoms with E-state index in [1.54, 1.807) is 4.90 Å². The van der Waals surface area contributed by atoms with Crippen LogP contribution in [0.5, 0.6) is 0 Å². The first-order valence-corrected chi connectivity index (χ1v) is 9.30. The standard InChI is InChI=1S/C20H18F2N6O2/c1-12-2-4-14(5-3-12)27-11-13(8-19(27)29)20(30)23-10-18-24-25-26-28(18)15-6-7-16(21)17(22)9-15/h2-7,9,13H,8,10-11H2,1H3,(H,23,30). The normalized spacial score (nSPS) is 16.2. The van der Waals surface area contributed by atoms with Gasteiger partial charge in [-0.05, 0) is 41.6 Å². The number of nitrogens with one attached hydrogen (secondary N) is 1. The Morgan fingerprint density at radius 1 is 1.13 bits per heavy atom. The van der Waals surface area contributed by atoms with E-state index in [1.165, 1.54) is 10.7 Å². The summed E-state index contributed by atoms with van der Waals surface area (Å²) in [6.45, 7) is 2.21. The number of hydrogen-bond donors (Lipinski definition) is 1. The third kappa shape index (κ3) is 3.88. The minimum atomic E-state index is -1.03. The number of nitrogens with zero attached hydrogens (tertiary/aromatic N) is 5. The van der Waals surface area contributed by atoms with Crippen molar-refractivity contribution in [1.29, 1.82) is 0 Å². The lowest BCUT2D eigenvalue weighted by molar-refractivity contribution is -0.126. The molecule has 3 aromatic rings. The summed E-state index contributed by atoms with van der Waals surface area (Å²) in [5.41, 5.74) is 2.06. The SMILES string of the molecule is Cc1ccc(N2CC(C(=O)NCc3nnnn3-c3ccc(F)c(F)c3)CC2=O)cc1. The van der Waals surface area contributed by atoms with E-state index in [4.69, 9.17) is 0 Å². The van der Waals surface area contributed by atoms with Crippen molar-refractivity contribution in [3.8, 4) is 5.69 Å². The lowest BCUT2D eigenvalue weighted by Crippen LogP contribution is -2.33. The van der Waals surface area contributed by atoms with Crippen molar-refractivity contribution in [2.24, 2.45) is 5.92 Å². The van der Waals surface area contributed by atoms with E-state index < -0.39 is 17.6 Å². The molecule has 1 aliphatic rings. The van der Waals surface area contributed by atoms with Crippen LogP contribution in [0.15, 0.2) is 42.5 Å². The topological polar surface area (TPSA) is 93.0 Å². The van der Waals surface area contributed by atoms with Crippen molar-refractivity contribution in [2.45, 2.75) is 19.9 Å². The number of benzene rings is 2. The minimum absolute atomic E-state index is 0.0277. The molecule has 1 aliphatic heterocycles. The highest BCUT2D eigenvalue weighted by Gasteiger charge is 2.35. The Balaban J connectivity index is 1.41. The van der Waals surface area contributed by atoms with Gasteiger partial charge in [0.2, 0.25) is 11.8 Å². The molecule has 1 N–H and O–H groups in total. The van der Waals surface area contributed by atoms with Gasteiger partial charge in [0, 0.05) is 24.7 Å². The van der Waals surface area contributed by atoms with Crippen molar-refractivity contribution in [3.63, 3.8) is 0 Å². The quantitative estimate of drug-likeness (QED) is 0.691. The molecule has 4 rings (SSSR count). The van der Waals surface area contributed by atoms with Crippen LogP contribution in [-0.4, -0.2) is 38.6 Å². The van der Waals surface area contributed by atoms with Gasteiger partial charge in [0.1, 0.15) is 0 Å². The molecule has 1 aromatic heterocycles. The van der Waals surface area contributed by atoms with Crippen molar-refractivity contribution in [1.82, 2.24) is 25.5 Å². The van der Waals surface area contributed by atoms with Gasteiger partial charge in [0.15, 0.2) is 17.5 Å². The van der Waals surface area contributed by atoms with Crippen LogP contribution in [-0.2, 0) is 16.1 Å². The van der Waals surface area contributed by atoms with Gasteiger partial charge in [0.25, 0.3) is 0 Å². The fourth-order valence-electron chi connectivity index (χ4n) is 3.30. The maximum atomic E-state index is 13.5. The summed E-state index contributed by atoms with van der Waals surface area (Å²) in [5, 5.41) is 13.8. The maximum absolute atomic E-state index is 13.5. The number of carbonyl (C=O) groups excluding carboxylic acids is 2. The lowest BCUT2D eigenvalue weighted by Gasteiger charge is -2.17. The summed E-state index contributed by atoms with van der Waals surface area (Å²) in [6.07, 6.45) is 0.105. The van der Waals surface area contributed by atoms with Crippen LogP contribution in [0.1, 0.15) is 17.8 Å². The molecular formula is C20H18F2N6O2. The van der Waals surface area contributed by atoms with E-state index in [0.29, 0.717) is 0 Å². The highest BCUT2D eigenvalue weighted by atomic mass is 19.2. The van der Waals surface area contributed by atoms with E-state index in [2.05, 4.69) is 20.8 Å². The zero-order valence-electron chi connectivity index (χ0n) is 16.0. The minimum Gasteiger partial charge on any atom is -0.348 e. The molecule has 30 heavy (non-hydrogen) atoms. The maximum Gasteiger partial charge on any atom is 0.227 e. The number of tetrazole rings is 1. The van der Waals surface area contributed by atoms with Gasteiger partial charge in [0.05, 0.1) is 18.2 Å². The van der Waals surface area contributed by atoms with Crippen molar-refractivity contribution < 1.29 is 18.4 Å². The molecule has 2 heterocycles. The second kappa shape index (κ2) is 7.97. The lowest BCUT2D eigenvalue weighted by atomic mass is 10.1. The van der Waals surface area contributed by atoms with E-state index in [1.807, 2.05) is 31.2 Å². The summed E-state index contributed by atoms with van der Waals surface area (Å²) < 4.78 is 27.9. The first-order chi connectivity index (χ1) is 14.4. The molecule has 1 atom stereocenters. The predicted octanol–water partition coefficient (Wildman–Crippen LogP) is 1.92. The molecule has 10 heteroatoms. The Hall–Kier alpha value is -3.69. The van der Waals surface area contributed by atoms with Crippen LogP contribution in [0.25, 0.3) is 5.69 Å². The average molecular weight is 412 g/mol. The number of carbonyl (C=O) groups is 2. The van der Waals surface area contributed by atoms with Crippen molar-refractivity contribution >= 4 is 17.5 Å². The molecule has 0 bridgehead atoms. The van der Waals surface area contributed by atoms with Gasteiger partial charge in [-0.25, -0.2) is 8.78 Å². The first-order valence-electron chi connectivity index (χ1n) is 9.30. The van der Waals surface area contributed by atoms with Gasteiger partial charge < -0.3 is 10.2 Å². The van der Waals surface area contributed by atoms with E-state index in [0.717, 1.165) is 23.4 Å². The molecule has 1 unspecified atom stereocenters. The largest absolute Gasteiger partial charge is 0.348 e. The zero-order chi connectivity index (χ0) is 21.3. The Morgan fingerprint density at radius 3 is 2.60 bits per heavy atom. The number of halogens is 2. The molecule has 2 amide bonds. The average Bonchev–Trinajstić information content (AvgIpc) is 3.35. The van der Waals surface area contributed by atoms with Gasteiger partial charge in [-0.15, -0.1) is 5.10 Å². The van der Waals surface area contributed by atoms with Crippen LogP contribution in [0.2, 0.25) is 0 Å². The number of aryl methyl sites for hydroxylation is 1. The molecule has 8 nitrogen and oxygen atoms in total. The number of hydrogen-bond acceptors (Lipinski definition) is 5. The van der Waals surface area contributed by atoms with E-state index in [9.17, 15) is 18.4 Å². The second-order valence-electron chi connectivity index (χ2n) is 7.06. The summed E-state index contributed by atoms with van der Waals surface area (Å²) in [4.78, 5) is 26.5. The summed E-state index contributed by atoms with van der Waals surface area (Å²) in [6, 6.07) is 10.8. The predicted molar refractivity (Wildman–Crippen MR) is 103 cm³/mol. The number of amides is 2. The van der Waals surface area contributed by atoms with E-state index >= 15 is 0 Å². The van der Waals surface area contributed by atoms with E-state index in [-0.39, 0.29) is 42.8 Å². The highest BCUT2D eigenvalue weighted by Crippen LogP contribution is 2.25. The second-order valence-corrected chi connectivity index (χ2v) is 7.06. The van der Waals surface area contributed by atoms with Crippen LogP contribution in [0, 0.1) is 24.5 Å². The molecule has 0 saturated carbocycles. The highest BCUT2D eigenvalue weighted by molar-refractivity contribution is 6.00. The Kier molecular flexibility index (Phi) is 5.21. The summed E-state index contributed by atoms with van der Waals surface area (Å²) >= 11 is 0. The fraction of sp³-hybridized carbons (Fsp3) is 0.250. The third-order valence-electron chi connectivity index (χ3n) is 4.94. The smallest absolute Gasteiger partial charge is 0.227 e.